The SMILES string of the molecule is Cc1ccc(-c2ccc(/C=C3/SC(=Nc4ccncc4Cl)N(C)C3=O)o2)c([N+](=O)[O-])c1. The van der Waals surface area contributed by atoms with Crippen LogP contribution in [0.25, 0.3) is 17.4 Å². The Labute approximate surface area is 186 Å². The average molecular weight is 455 g/mol. The normalized spacial score (nSPS) is 16.5. The number of amides is 1. The molecular formula is C21H15ClN4O4S. The van der Waals surface area contributed by atoms with Crippen molar-refractivity contribution in [3.8, 4) is 11.3 Å². The van der Waals surface area contributed by atoms with Crippen molar-refractivity contribution < 1.29 is 14.1 Å². The first-order valence-corrected chi connectivity index (χ1v) is 10.2. The molecule has 0 spiro atoms. The third kappa shape index (κ3) is 4.23. The third-order valence-corrected chi connectivity index (χ3v) is 5.84. The number of rotatable bonds is 4. The fourth-order valence-electron chi connectivity index (χ4n) is 2.92. The summed E-state index contributed by atoms with van der Waals surface area (Å²) in [5.41, 5.74) is 1.62. The lowest BCUT2D eigenvalue weighted by atomic mass is 10.1. The fourth-order valence-corrected chi connectivity index (χ4v) is 4.04. The Morgan fingerprint density at radius 1 is 1.29 bits per heavy atom. The molecule has 31 heavy (non-hydrogen) atoms. The lowest BCUT2D eigenvalue weighted by Gasteiger charge is -2.07. The number of aryl methyl sites for hydroxylation is 1. The van der Waals surface area contributed by atoms with Gasteiger partial charge in [-0.05, 0) is 48.5 Å². The Morgan fingerprint density at radius 2 is 2.10 bits per heavy atom. The van der Waals surface area contributed by atoms with E-state index in [0.717, 1.165) is 5.56 Å². The molecule has 0 unspecified atom stereocenters. The van der Waals surface area contributed by atoms with Crippen molar-refractivity contribution in [2.45, 2.75) is 6.92 Å². The molecule has 4 rings (SSSR count). The van der Waals surface area contributed by atoms with E-state index in [4.69, 9.17) is 16.0 Å². The quantitative estimate of drug-likeness (QED) is 0.295. The molecule has 0 aliphatic carbocycles. The molecule has 0 atom stereocenters. The molecule has 0 radical (unpaired) electrons. The predicted octanol–water partition coefficient (Wildman–Crippen LogP) is 5.45. The first kappa shape index (κ1) is 20.8. The van der Waals surface area contributed by atoms with Crippen molar-refractivity contribution >= 4 is 51.9 Å². The summed E-state index contributed by atoms with van der Waals surface area (Å²) in [6, 6.07) is 9.88. The van der Waals surface area contributed by atoms with E-state index >= 15 is 0 Å². The minimum absolute atomic E-state index is 0.0387. The summed E-state index contributed by atoms with van der Waals surface area (Å²) in [6.07, 6.45) is 4.63. The van der Waals surface area contributed by atoms with E-state index < -0.39 is 4.92 Å². The largest absolute Gasteiger partial charge is 0.456 e. The number of amidine groups is 1. The molecule has 0 N–H and O–H groups in total. The van der Waals surface area contributed by atoms with Crippen molar-refractivity contribution in [2.75, 3.05) is 7.05 Å². The number of nitro groups is 1. The number of benzene rings is 1. The van der Waals surface area contributed by atoms with Crippen molar-refractivity contribution in [3.05, 3.63) is 80.2 Å². The van der Waals surface area contributed by atoms with Crippen molar-refractivity contribution in [1.82, 2.24) is 9.88 Å². The number of nitro benzene ring substituents is 1. The lowest BCUT2D eigenvalue weighted by molar-refractivity contribution is -0.384. The zero-order chi connectivity index (χ0) is 22.1. The molecule has 1 amide bonds. The Bertz CT molecular complexity index is 1270. The average Bonchev–Trinajstić information content (AvgIpc) is 3.30. The van der Waals surface area contributed by atoms with Gasteiger partial charge in [0.05, 0.1) is 26.1 Å². The summed E-state index contributed by atoms with van der Waals surface area (Å²) in [5, 5.41) is 12.2. The summed E-state index contributed by atoms with van der Waals surface area (Å²) >= 11 is 7.28. The van der Waals surface area contributed by atoms with Gasteiger partial charge in [-0.25, -0.2) is 4.99 Å². The van der Waals surface area contributed by atoms with Gasteiger partial charge in [0, 0.05) is 31.6 Å². The van der Waals surface area contributed by atoms with Gasteiger partial charge in [-0.1, -0.05) is 17.7 Å². The zero-order valence-corrected chi connectivity index (χ0v) is 18.0. The Hall–Kier alpha value is -3.43. The van der Waals surface area contributed by atoms with Gasteiger partial charge in [0.2, 0.25) is 0 Å². The summed E-state index contributed by atoms with van der Waals surface area (Å²) in [4.78, 5) is 33.8. The smallest absolute Gasteiger partial charge is 0.280 e. The number of hydrogen-bond donors (Lipinski definition) is 0. The monoisotopic (exact) mass is 454 g/mol. The summed E-state index contributed by atoms with van der Waals surface area (Å²) in [5.74, 6) is 0.505. The molecular weight excluding hydrogens is 440 g/mol. The highest BCUT2D eigenvalue weighted by Gasteiger charge is 2.31. The molecule has 156 valence electrons. The Kier molecular flexibility index (Phi) is 5.62. The summed E-state index contributed by atoms with van der Waals surface area (Å²) in [7, 11) is 1.62. The van der Waals surface area contributed by atoms with E-state index in [1.807, 2.05) is 0 Å². The second-order valence-corrected chi connectivity index (χ2v) is 8.09. The van der Waals surface area contributed by atoms with E-state index in [0.29, 0.717) is 37.9 Å². The number of carbonyl (C=O) groups excluding carboxylic acids is 1. The minimum Gasteiger partial charge on any atom is -0.456 e. The maximum atomic E-state index is 12.6. The number of furan rings is 1. The molecule has 1 saturated heterocycles. The Balaban J connectivity index is 1.64. The van der Waals surface area contributed by atoms with Crippen LogP contribution in [0.15, 0.2) is 63.1 Å². The first-order valence-electron chi connectivity index (χ1n) is 9.04. The minimum atomic E-state index is -0.443. The number of likely N-dealkylation sites (N-methyl/N-ethyl adjacent to an activating group) is 1. The van der Waals surface area contributed by atoms with Crippen LogP contribution < -0.4 is 0 Å². The van der Waals surface area contributed by atoms with E-state index in [-0.39, 0.29) is 11.6 Å². The standard InChI is InChI=1S/C21H15ClN4O4S/c1-12-3-5-14(17(9-12)26(28)29)18-6-4-13(30-18)10-19-20(27)25(2)21(31-19)24-16-7-8-23-11-15(16)22/h3-11H,1-2H3/b19-10+,24-21?. The van der Waals surface area contributed by atoms with Gasteiger partial charge in [-0.3, -0.25) is 24.8 Å². The van der Waals surface area contributed by atoms with Crippen LogP contribution in [0.2, 0.25) is 5.02 Å². The van der Waals surface area contributed by atoms with E-state index in [1.54, 1.807) is 56.6 Å². The summed E-state index contributed by atoms with van der Waals surface area (Å²) in [6.45, 7) is 1.78. The van der Waals surface area contributed by atoms with Crippen LogP contribution in [-0.2, 0) is 4.79 Å². The zero-order valence-electron chi connectivity index (χ0n) is 16.4. The molecule has 1 aliphatic heterocycles. The van der Waals surface area contributed by atoms with Gasteiger partial charge in [-0.2, -0.15) is 0 Å². The molecule has 3 heterocycles. The molecule has 1 aliphatic rings. The van der Waals surface area contributed by atoms with Gasteiger partial charge < -0.3 is 4.42 Å². The number of hydrogen-bond acceptors (Lipinski definition) is 7. The van der Waals surface area contributed by atoms with Crippen LogP contribution in [0.4, 0.5) is 11.4 Å². The molecule has 0 bridgehead atoms. The van der Waals surface area contributed by atoms with Gasteiger partial charge in [0.25, 0.3) is 11.6 Å². The number of pyridine rings is 1. The number of carbonyl (C=O) groups is 1. The maximum absolute atomic E-state index is 12.6. The number of aromatic nitrogens is 1. The number of aliphatic imine (C=N–C) groups is 1. The second kappa shape index (κ2) is 8.37. The van der Waals surface area contributed by atoms with Crippen LogP contribution in [0.5, 0.6) is 0 Å². The molecule has 0 saturated carbocycles. The van der Waals surface area contributed by atoms with Gasteiger partial charge in [0.15, 0.2) is 5.17 Å². The molecule has 1 fully saturated rings. The van der Waals surface area contributed by atoms with Crippen molar-refractivity contribution in [1.29, 1.82) is 0 Å². The van der Waals surface area contributed by atoms with E-state index in [2.05, 4.69) is 9.98 Å². The molecule has 8 nitrogen and oxygen atoms in total. The van der Waals surface area contributed by atoms with Gasteiger partial charge in [-0.15, -0.1) is 0 Å². The molecule has 1 aromatic carbocycles. The molecule has 2 aromatic heterocycles. The van der Waals surface area contributed by atoms with Crippen LogP contribution in [0.1, 0.15) is 11.3 Å². The van der Waals surface area contributed by atoms with Crippen LogP contribution in [0, 0.1) is 17.0 Å². The third-order valence-electron chi connectivity index (χ3n) is 4.49. The first-order chi connectivity index (χ1) is 14.8. The lowest BCUT2D eigenvalue weighted by Crippen LogP contribution is -2.23. The van der Waals surface area contributed by atoms with Crippen LogP contribution in [-0.4, -0.2) is 32.9 Å². The highest BCUT2D eigenvalue weighted by molar-refractivity contribution is 8.18. The fraction of sp³-hybridized carbons (Fsp3) is 0.0952. The second-order valence-electron chi connectivity index (χ2n) is 6.68. The van der Waals surface area contributed by atoms with Gasteiger partial charge in [0.1, 0.15) is 11.5 Å². The summed E-state index contributed by atoms with van der Waals surface area (Å²) < 4.78 is 5.78. The predicted molar refractivity (Wildman–Crippen MR) is 120 cm³/mol. The number of halogens is 1. The highest BCUT2D eigenvalue weighted by Crippen LogP contribution is 2.36. The van der Waals surface area contributed by atoms with Crippen LogP contribution >= 0.6 is 23.4 Å². The topological polar surface area (TPSA) is 102 Å². The molecule has 3 aromatic rings. The van der Waals surface area contributed by atoms with Crippen molar-refractivity contribution in [3.63, 3.8) is 0 Å². The maximum Gasteiger partial charge on any atom is 0.280 e. The molecule has 10 heteroatoms. The van der Waals surface area contributed by atoms with Crippen LogP contribution in [0.3, 0.4) is 0 Å². The van der Waals surface area contributed by atoms with E-state index in [1.165, 1.54) is 28.9 Å². The van der Waals surface area contributed by atoms with Gasteiger partial charge >= 0.3 is 0 Å². The van der Waals surface area contributed by atoms with E-state index in [9.17, 15) is 14.9 Å². The van der Waals surface area contributed by atoms with Crippen molar-refractivity contribution in [2.24, 2.45) is 4.99 Å². The number of thioether (sulfide) groups is 1. The number of nitrogens with zero attached hydrogens (tertiary/aromatic N) is 4. The Morgan fingerprint density at radius 3 is 2.84 bits per heavy atom. The highest BCUT2D eigenvalue weighted by atomic mass is 35.5.